The molecule has 0 bridgehead atoms. The Morgan fingerprint density at radius 3 is 2.19 bits per heavy atom. The minimum Gasteiger partial charge on any atom is -0.331 e. The zero-order valence-corrected chi connectivity index (χ0v) is 18.6. The standard InChI is InChI=1S/C26H27ClN2O2/c1-3-20-9-15-24(16-10-20)28-25(30)17-18-29(19(2)21-7-5-4-6-8-21)26(31)22-11-13-23(27)14-12-22/h4-16,19H,3,17-18H2,1-2H3,(H,28,30). The number of nitrogens with zero attached hydrogens (tertiary/aromatic N) is 1. The van der Waals surface area contributed by atoms with Crippen molar-refractivity contribution in [3.8, 4) is 0 Å². The Bertz CT molecular complexity index is 1000. The molecule has 0 radical (unpaired) electrons. The van der Waals surface area contributed by atoms with Gasteiger partial charge in [0.15, 0.2) is 0 Å². The van der Waals surface area contributed by atoms with Crippen molar-refractivity contribution in [2.45, 2.75) is 32.7 Å². The number of aryl methyl sites for hydroxylation is 1. The summed E-state index contributed by atoms with van der Waals surface area (Å²) in [5.41, 5.74) is 3.53. The summed E-state index contributed by atoms with van der Waals surface area (Å²) in [5.74, 6) is -0.258. The van der Waals surface area contributed by atoms with Crippen molar-refractivity contribution in [2.24, 2.45) is 0 Å². The third-order valence-electron chi connectivity index (χ3n) is 5.33. The molecule has 3 aromatic rings. The van der Waals surface area contributed by atoms with Crippen LogP contribution in [0.3, 0.4) is 0 Å². The van der Waals surface area contributed by atoms with E-state index in [0.29, 0.717) is 17.1 Å². The molecule has 4 nitrogen and oxygen atoms in total. The molecule has 2 amide bonds. The topological polar surface area (TPSA) is 49.4 Å². The maximum Gasteiger partial charge on any atom is 0.254 e. The molecule has 5 heteroatoms. The Hall–Kier alpha value is -3.11. The van der Waals surface area contributed by atoms with Crippen LogP contribution >= 0.6 is 11.6 Å². The highest BCUT2D eigenvalue weighted by Crippen LogP contribution is 2.23. The van der Waals surface area contributed by atoms with Crippen LogP contribution in [-0.4, -0.2) is 23.3 Å². The van der Waals surface area contributed by atoms with Crippen LogP contribution in [0.4, 0.5) is 5.69 Å². The van der Waals surface area contributed by atoms with E-state index in [4.69, 9.17) is 11.6 Å². The van der Waals surface area contributed by atoms with Crippen LogP contribution < -0.4 is 5.32 Å². The molecule has 1 N–H and O–H groups in total. The number of hydrogen-bond acceptors (Lipinski definition) is 2. The fourth-order valence-corrected chi connectivity index (χ4v) is 3.54. The van der Waals surface area contributed by atoms with E-state index in [1.807, 2.05) is 61.5 Å². The largest absolute Gasteiger partial charge is 0.331 e. The Labute approximate surface area is 188 Å². The second kappa shape index (κ2) is 10.8. The van der Waals surface area contributed by atoms with Gasteiger partial charge >= 0.3 is 0 Å². The number of benzene rings is 3. The smallest absolute Gasteiger partial charge is 0.254 e. The van der Waals surface area contributed by atoms with Gasteiger partial charge in [-0.25, -0.2) is 0 Å². The van der Waals surface area contributed by atoms with Crippen LogP contribution in [0.2, 0.25) is 5.02 Å². The van der Waals surface area contributed by atoms with Gasteiger partial charge in [-0.2, -0.15) is 0 Å². The lowest BCUT2D eigenvalue weighted by molar-refractivity contribution is -0.116. The zero-order chi connectivity index (χ0) is 22.2. The molecule has 3 rings (SSSR count). The number of halogens is 1. The van der Waals surface area contributed by atoms with Gasteiger partial charge in [-0.1, -0.05) is 61.0 Å². The first kappa shape index (κ1) is 22.6. The normalized spacial score (nSPS) is 11.6. The molecule has 31 heavy (non-hydrogen) atoms. The summed E-state index contributed by atoms with van der Waals surface area (Å²) in [6.07, 6.45) is 1.15. The van der Waals surface area contributed by atoms with E-state index in [-0.39, 0.29) is 24.3 Å². The first-order valence-corrected chi connectivity index (χ1v) is 10.9. The first-order valence-electron chi connectivity index (χ1n) is 10.5. The lowest BCUT2D eigenvalue weighted by atomic mass is 10.0. The van der Waals surface area contributed by atoms with Crippen molar-refractivity contribution in [3.63, 3.8) is 0 Å². The summed E-state index contributed by atoms with van der Waals surface area (Å²) in [7, 11) is 0. The third-order valence-corrected chi connectivity index (χ3v) is 5.58. The molecule has 0 aromatic heterocycles. The number of anilines is 1. The number of amides is 2. The maximum atomic E-state index is 13.3. The highest BCUT2D eigenvalue weighted by atomic mass is 35.5. The van der Waals surface area contributed by atoms with E-state index in [0.717, 1.165) is 17.7 Å². The van der Waals surface area contributed by atoms with Crippen LogP contribution in [0, 0.1) is 0 Å². The van der Waals surface area contributed by atoms with Crippen LogP contribution in [0.5, 0.6) is 0 Å². The number of carbonyl (C=O) groups excluding carboxylic acids is 2. The molecule has 3 aromatic carbocycles. The molecule has 1 unspecified atom stereocenters. The van der Waals surface area contributed by atoms with Crippen LogP contribution in [-0.2, 0) is 11.2 Å². The average Bonchev–Trinajstić information content (AvgIpc) is 2.80. The lowest BCUT2D eigenvalue weighted by Crippen LogP contribution is -2.36. The highest BCUT2D eigenvalue weighted by Gasteiger charge is 2.23. The fourth-order valence-electron chi connectivity index (χ4n) is 3.41. The van der Waals surface area contributed by atoms with E-state index >= 15 is 0 Å². The molecular formula is C26H27ClN2O2. The summed E-state index contributed by atoms with van der Waals surface area (Å²) < 4.78 is 0. The molecule has 0 spiro atoms. The predicted octanol–water partition coefficient (Wildman–Crippen LogP) is 6.13. The van der Waals surface area contributed by atoms with Crippen LogP contribution in [0.15, 0.2) is 78.9 Å². The van der Waals surface area contributed by atoms with Crippen molar-refractivity contribution in [1.29, 1.82) is 0 Å². The van der Waals surface area contributed by atoms with E-state index in [1.54, 1.807) is 29.2 Å². The predicted molar refractivity (Wildman–Crippen MR) is 126 cm³/mol. The molecule has 0 aliphatic heterocycles. The molecule has 1 atom stereocenters. The van der Waals surface area contributed by atoms with Gasteiger partial charge in [-0.15, -0.1) is 0 Å². The average molecular weight is 435 g/mol. The van der Waals surface area contributed by atoms with E-state index in [2.05, 4.69) is 12.2 Å². The first-order chi connectivity index (χ1) is 15.0. The van der Waals surface area contributed by atoms with Gasteiger partial charge < -0.3 is 10.2 Å². The fraction of sp³-hybridized carbons (Fsp3) is 0.231. The van der Waals surface area contributed by atoms with Gasteiger partial charge in [0.25, 0.3) is 5.91 Å². The molecule has 0 aliphatic carbocycles. The minimum absolute atomic E-state index is 0.126. The minimum atomic E-state index is -0.180. The second-order valence-corrected chi connectivity index (χ2v) is 7.88. The van der Waals surface area contributed by atoms with Crippen molar-refractivity contribution >= 4 is 29.1 Å². The van der Waals surface area contributed by atoms with Crippen molar-refractivity contribution in [1.82, 2.24) is 4.90 Å². The number of hydrogen-bond donors (Lipinski definition) is 1. The molecular weight excluding hydrogens is 408 g/mol. The van der Waals surface area contributed by atoms with Gasteiger partial charge in [0, 0.05) is 29.2 Å². The van der Waals surface area contributed by atoms with Crippen molar-refractivity contribution in [2.75, 3.05) is 11.9 Å². The van der Waals surface area contributed by atoms with Gasteiger partial charge in [0.2, 0.25) is 5.91 Å². The Balaban J connectivity index is 1.73. The summed E-state index contributed by atoms with van der Waals surface area (Å²) >= 11 is 5.98. The van der Waals surface area contributed by atoms with Gasteiger partial charge in [-0.3, -0.25) is 9.59 Å². The summed E-state index contributed by atoms with van der Waals surface area (Å²) in [6, 6.07) is 24.3. The van der Waals surface area contributed by atoms with Gasteiger partial charge in [0.1, 0.15) is 0 Å². The Morgan fingerprint density at radius 2 is 1.58 bits per heavy atom. The molecule has 160 valence electrons. The highest BCUT2D eigenvalue weighted by molar-refractivity contribution is 6.30. The van der Waals surface area contributed by atoms with Crippen molar-refractivity contribution < 1.29 is 9.59 Å². The third kappa shape index (κ3) is 6.19. The molecule has 0 saturated heterocycles. The van der Waals surface area contributed by atoms with Crippen LogP contribution in [0.25, 0.3) is 0 Å². The SMILES string of the molecule is CCc1ccc(NC(=O)CCN(C(=O)c2ccc(Cl)cc2)C(C)c2ccccc2)cc1. The Morgan fingerprint density at radius 1 is 0.935 bits per heavy atom. The Kier molecular flexibility index (Phi) is 7.85. The molecule has 0 aliphatic rings. The quantitative estimate of drug-likeness (QED) is 0.463. The van der Waals surface area contributed by atoms with Crippen LogP contribution in [0.1, 0.15) is 47.8 Å². The van der Waals surface area contributed by atoms with Crippen molar-refractivity contribution in [3.05, 3.63) is 101 Å². The zero-order valence-electron chi connectivity index (χ0n) is 17.8. The number of nitrogens with one attached hydrogen (secondary N) is 1. The molecule has 0 heterocycles. The number of carbonyl (C=O) groups is 2. The van der Waals surface area contributed by atoms with Gasteiger partial charge in [-0.05, 0) is 60.9 Å². The second-order valence-electron chi connectivity index (χ2n) is 7.44. The molecule has 0 saturated carbocycles. The summed E-state index contributed by atoms with van der Waals surface area (Å²) in [4.78, 5) is 27.6. The van der Waals surface area contributed by atoms with E-state index in [1.165, 1.54) is 5.56 Å². The van der Waals surface area contributed by atoms with E-state index in [9.17, 15) is 9.59 Å². The summed E-state index contributed by atoms with van der Waals surface area (Å²) in [5, 5.41) is 3.50. The summed E-state index contributed by atoms with van der Waals surface area (Å²) in [6.45, 7) is 4.37. The lowest BCUT2D eigenvalue weighted by Gasteiger charge is -2.30. The maximum absolute atomic E-state index is 13.3. The number of rotatable bonds is 8. The van der Waals surface area contributed by atoms with E-state index < -0.39 is 0 Å². The van der Waals surface area contributed by atoms with Gasteiger partial charge in [0.05, 0.1) is 6.04 Å². The molecule has 0 fully saturated rings. The monoisotopic (exact) mass is 434 g/mol.